The highest BCUT2D eigenvalue weighted by molar-refractivity contribution is 7.48. The lowest BCUT2D eigenvalue weighted by molar-refractivity contribution is -0.138. The maximum Gasteiger partial charge on any atom is 0.474 e. The fourth-order valence-electron chi connectivity index (χ4n) is 0.904. The van der Waals surface area contributed by atoms with Crippen LogP contribution in [0, 0.1) is 0 Å². The van der Waals surface area contributed by atoms with E-state index in [0.717, 1.165) is 0 Å². The van der Waals surface area contributed by atoms with Crippen molar-refractivity contribution < 1.29 is 27.7 Å². The first-order valence-electron chi connectivity index (χ1n) is 5.41. The minimum atomic E-state index is -3.50. The van der Waals surface area contributed by atoms with Crippen molar-refractivity contribution in [2.45, 2.75) is 20.8 Å². The average molecular weight is 266 g/mol. The molecule has 0 aromatic heterocycles. The molecule has 0 saturated carbocycles. The van der Waals surface area contributed by atoms with Crippen molar-refractivity contribution in [2.75, 3.05) is 26.4 Å². The van der Waals surface area contributed by atoms with Gasteiger partial charge in [0.05, 0.1) is 19.8 Å². The summed E-state index contributed by atoms with van der Waals surface area (Å²) in [6, 6.07) is 0. The molecule has 0 spiro atoms. The lowest BCUT2D eigenvalue weighted by atomic mass is 10.5. The van der Waals surface area contributed by atoms with E-state index in [-0.39, 0.29) is 26.4 Å². The maximum atomic E-state index is 11.8. The molecular formula is C10H19O6P. The van der Waals surface area contributed by atoms with Crippen LogP contribution in [0.4, 0.5) is 0 Å². The van der Waals surface area contributed by atoms with Crippen LogP contribution in [0.3, 0.4) is 0 Å². The molecular weight excluding hydrogens is 247 g/mol. The van der Waals surface area contributed by atoms with Gasteiger partial charge in [-0.3, -0.25) is 13.6 Å². The summed E-state index contributed by atoms with van der Waals surface area (Å²) in [5, 5.41) is 0. The second-order valence-electron chi connectivity index (χ2n) is 2.78. The first-order valence-corrected chi connectivity index (χ1v) is 6.87. The molecule has 0 heterocycles. The lowest BCUT2D eigenvalue weighted by Gasteiger charge is -2.15. The molecule has 0 aliphatic heterocycles. The molecule has 100 valence electrons. The Bertz CT molecular complexity index is 279. The number of esters is 1. The van der Waals surface area contributed by atoms with Crippen molar-refractivity contribution in [3.63, 3.8) is 0 Å². The summed E-state index contributed by atoms with van der Waals surface area (Å²) in [7, 11) is -3.50. The Morgan fingerprint density at radius 2 is 1.71 bits per heavy atom. The Kier molecular flexibility index (Phi) is 8.99. The summed E-state index contributed by atoms with van der Waals surface area (Å²) in [6.07, 6.45) is 2.85. The molecule has 0 amide bonds. The molecule has 0 atom stereocenters. The Balaban J connectivity index is 3.90. The summed E-state index contributed by atoms with van der Waals surface area (Å²) in [5.74, 6) is -0.473. The summed E-state index contributed by atoms with van der Waals surface area (Å²) < 4.78 is 31.2. The van der Waals surface area contributed by atoms with Crippen molar-refractivity contribution in [3.05, 3.63) is 12.2 Å². The van der Waals surface area contributed by atoms with Crippen LogP contribution in [-0.4, -0.2) is 32.4 Å². The topological polar surface area (TPSA) is 71.1 Å². The van der Waals surface area contributed by atoms with Gasteiger partial charge in [0.2, 0.25) is 0 Å². The summed E-state index contributed by atoms with van der Waals surface area (Å²) >= 11 is 0. The zero-order chi connectivity index (χ0) is 13.1. The highest BCUT2D eigenvalue weighted by Crippen LogP contribution is 2.48. The number of allylic oxidation sites excluding steroid dienone is 1. The van der Waals surface area contributed by atoms with Gasteiger partial charge in [-0.2, -0.15) is 0 Å². The van der Waals surface area contributed by atoms with Gasteiger partial charge in [0.25, 0.3) is 0 Å². The molecule has 0 aliphatic rings. The van der Waals surface area contributed by atoms with Gasteiger partial charge in [0.15, 0.2) is 0 Å². The molecule has 0 saturated heterocycles. The smallest absolute Gasteiger partial charge is 0.460 e. The number of rotatable bonds is 9. The summed E-state index contributed by atoms with van der Waals surface area (Å²) in [6.45, 7) is 5.46. The quantitative estimate of drug-likeness (QED) is 0.276. The van der Waals surface area contributed by atoms with Crippen molar-refractivity contribution in [1.82, 2.24) is 0 Å². The Morgan fingerprint density at radius 3 is 2.18 bits per heavy atom. The van der Waals surface area contributed by atoms with Crippen LogP contribution in [0.25, 0.3) is 0 Å². The number of hydrogen-bond donors (Lipinski definition) is 0. The van der Waals surface area contributed by atoms with E-state index in [0.29, 0.717) is 0 Å². The normalized spacial score (nSPS) is 11.9. The monoisotopic (exact) mass is 266 g/mol. The molecule has 0 aliphatic carbocycles. The third-order valence-electron chi connectivity index (χ3n) is 1.45. The van der Waals surface area contributed by atoms with Crippen molar-refractivity contribution in [3.8, 4) is 0 Å². The van der Waals surface area contributed by atoms with Gasteiger partial charge in [-0.25, -0.2) is 9.36 Å². The van der Waals surface area contributed by atoms with Crippen LogP contribution >= 0.6 is 7.82 Å². The second-order valence-corrected chi connectivity index (χ2v) is 4.45. The standard InChI is InChI=1S/C10H19O6P/c1-4-7-10(11)13-8-9-16-17(12,14-5-2)15-6-3/h4,7H,5-6,8-9H2,1-3H3. The molecule has 0 aromatic carbocycles. The Hall–Kier alpha value is -0.680. The minimum absolute atomic E-state index is 0.00664. The van der Waals surface area contributed by atoms with E-state index in [9.17, 15) is 9.36 Å². The highest BCUT2D eigenvalue weighted by atomic mass is 31.2. The van der Waals surface area contributed by atoms with Crippen molar-refractivity contribution in [2.24, 2.45) is 0 Å². The fraction of sp³-hybridized carbons (Fsp3) is 0.700. The predicted molar refractivity (Wildman–Crippen MR) is 62.6 cm³/mol. The zero-order valence-corrected chi connectivity index (χ0v) is 11.3. The van der Waals surface area contributed by atoms with Crippen LogP contribution in [0.15, 0.2) is 12.2 Å². The average Bonchev–Trinajstić information content (AvgIpc) is 2.26. The van der Waals surface area contributed by atoms with Gasteiger partial charge in [0, 0.05) is 6.08 Å². The minimum Gasteiger partial charge on any atom is -0.460 e. The van der Waals surface area contributed by atoms with Crippen molar-refractivity contribution in [1.29, 1.82) is 0 Å². The fourth-order valence-corrected chi connectivity index (χ4v) is 2.06. The molecule has 7 heteroatoms. The highest BCUT2D eigenvalue weighted by Gasteiger charge is 2.24. The van der Waals surface area contributed by atoms with Crippen LogP contribution in [0.1, 0.15) is 20.8 Å². The van der Waals surface area contributed by atoms with E-state index in [4.69, 9.17) is 18.3 Å². The zero-order valence-electron chi connectivity index (χ0n) is 10.4. The van der Waals surface area contributed by atoms with Gasteiger partial charge in [0.1, 0.15) is 6.61 Å². The first kappa shape index (κ1) is 16.3. The summed E-state index contributed by atoms with van der Waals surface area (Å²) in [4.78, 5) is 10.9. The maximum absolute atomic E-state index is 11.8. The predicted octanol–water partition coefficient (Wildman–Crippen LogP) is 2.30. The largest absolute Gasteiger partial charge is 0.474 e. The Morgan fingerprint density at radius 1 is 1.12 bits per heavy atom. The van der Waals surface area contributed by atoms with Gasteiger partial charge >= 0.3 is 13.8 Å². The number of carbonyl (C=O) groups is 1. The Labute approximate surface area is 101 Å². The number of phosphoric acid groups is 1. The van der Waals surface area contributed by atoms with Gasteiger partial charge in [-0.15, -0.1) is 0 Å². The number of phosphoric ester groups is 1. The van der Waals surface area contributed by atoms with E-state index >= 15 is 0 Å². The number of hydrogen-bond acceptors (Lipinski definition) is 6. The number of carbonyl (C=O) groups excluding carboxylic acids is 1. The number of ether oxygens (including phenoxy) is 1. The van der Waals surface area contributed by atoms with Crippen LogP contribution in [-0.2, 0) is 27.7 Å². The molecule has 0 fully saturated rings. The third kappa shape index (κ3) is 8.10. The van der Waals surface area contributed by atoms with Gasteiger partial charge < -0.3 is 4.74 Å². The third-order valence-corrected chi connectivity index (χ3v) is 3.10. The van der Waals surface area contributed by atoms with Crippen LogP contribution in [0.5, 0.6) is 0 Å². The first-order chi connectivity index (χ1) is 8.08. The van der Waals surface area contributed by atoms with Crippen LogP contribution < -0.4 is 0 Å². The summed E-state index contributed by atoms with van der Waals surface area (Å²) in [5.41, 5.74) is 0. The lowest BCUT2D eigenvalue weighted by Crippen LogP contribution is -2.09. The molecule has 0 radical (unpaired) electrons. The molecule has 0 rings (SSSR count). The SMILES string of the molecule is CC=CC(=O)OCCOP(=O)(OCC)OCC. The molecule has 0 unspecified atom stereocenters. The van der Waals surface area contributed by atoms with E-state index in [1.165, 1.54) is 6.08 Å². The molecule has 0 N–H and O–H groups in total. The second kappa shape index (κ2) is 9.36. The molecule has 6 nitrogen and oxygen atoms in total. The van der Waals surface area contributed by atoms with E-state index < -0.39 is 13.8 Å². The van der Waals surface area contributed by atoms with Crippen LogP contribution in [0.2, 0.25) is 0 Å². The van der Waals surface area contributed by atoms with E-state index in [1.54, 1.807) is 26.8 Å². The van der Waals surface area contributed by atoms with Gasteiger partial charge in [-0.1, -0.05) is 6.08 Å². The van der Waals surface area contributed by atoms with E-state index in [2.05, 4.69) is 0 Å². The van der Waals surface area contributed by atoms with Gasteiger partial charge in [-0.05, 0) is 20.8 Å². The molecule has 0 bridgehead atoms. The van der Waals surface area contributed by atoms with Crippen molar-refractivity contribution >= 4 is 13.8 Å². The molecule has 0 aromatic rings. The molecule has 17 heavy (non-hydrogen) atoms. The van der Waals surface area contributed by atoms with E-state index in [1.807, 2.05) is 0 Å².